The van der Waals surface area contributed by atoms with E-state index in [0.717, 1.165) is 0 Å². The number of aliphatic hydroxyl groups is 2. The molecule has 0 aliphatic carbocycles. The highest BCUT2D eigenvalue weighted by Crippen LogP contribution is 2.09. The molecule has 6 nitrogen and oxygen atoms in total. The fourth-order valence-electron chi connectivity index (χ4n) is 1.38. The fourth-order valence-corrected chi connectivity index (χ4v) is 1.38. The van der Waals surface area contributed by atoms with Crippen LogP contribution in [-0.2, 0) is 0 Å². The molecule has 0 saturated heterocycles. The standard InChI is InChI=1S/C8H7N.C6H6.C2H7N.2CH3NOS/c1-2-4-8-7(3-1)5-6-9-8;1-2-4-6-5-3-1;1-3-2;2*2-1(3)4/h1-6,9H;1-6H;3H,1-2H3;2*(H3,2,3,4). The summed E-state index contributed by atoms with van der Waals surface area (Å²) < 4.78 is 0. The molecule has 0 amide bonds. The van der Waals surface area contributed by atoms with Gasteiger partial charge in [-0.1, -0.05) is 54.6 Å². The van der Waals surface area contributed by atoms with Gasteiger partial charge in [-0.3, -0.25) is 0 Å². The van der Waals surface area contributed by atoms with Crippen molar-refractivity contribution >= 4 is 45.7 Å². The van der Waals surface area contributed by atoms with E-state index in [4.69, 9.17) is 10.2 Å². The summed E-state index contributed by atoms with van der Waals surface area (Å²) in [4.78, 5) is 3.12. The molecule has 3 aromatic rings. The summed E-state index contributed by atoms with van der Waals surface area (Å²) in [5, 5.41) is 18.2. The Morgan fingerprint density at radius 2 is 1.15 bits per heavy atom. The lowest BCUT2D eigenvalue weighted by atomic mass is 10.3. The van der Waals surface area contributed by atoms with Gasteiger partial charge in [-0.05, 0) is 56.1 Å². The SMILES string of the molecule is CNC.NC(O)=S.NC(O)=S.c1ccc2[nH]ccc2c1.c1ccccc1. The molecule has 0 spiro atoms. The van der Waals surface area contributed by atoms with Crippen LogP contribution in [0.5, 0.6) is 0 Å². The first-order chi connectivity index (χ1) is 12.3. The maximum absolute atomic E-state index is 7.56. The highest BCUT2D eigenvalue weighted by Gasteiger charge is 1.86. The average Bonchev–Trinajstić information content (AvgIpc) is 3.05. The molecule has 0 atom stereocenters. The van der Waals surface area contributed by atoms with Crippen molar-refractivity contribution in [2.45, 2.75) is 0 Å². The number of benzene rings is 2. The number of hydrogen-bond donors (Lipinski definition) is 6. The van der Waals surface area contributed by atoms with Gasteiger partial charge in [-0.25, -0.2) is 0 Å². The first kappa shape index (κ1) is 25.6. The molecule has 8 N–H and O–H groups in total. The van der Waals surface area contributed by atoms with E-state index in [1.807, 2.05) is 68.8 Å². The minimum atomic E-state index is -0.500. The molecule has 142 valence electrons. The van der Waals surface area contributed by atoms with Gasteiger partial charge in [0.1, 0.15) is 0 Å². The van der Waals surface area contributed by atoms with Crippen molar-refractivity contribution in [1.82, 2.24) is 10.3 Å². The van der Waals surface area contributed by atoms with Gasteiger partial charge < -0.3 is 32.0 Å². The molecule has 0 aliphatic rings. The van der Waals surface area contributed by atoms with Crippen molar-refractivity contribution < 1.29 is 10.2 Å². The predicted molar refractivity (Wildman–Crippen MR) is 119 cm³/mol. The summed E-state index contributed by atoms with van der Waals surface area (Å²) in [7, 11) is 3.75. The molecule has 3 rings (SSSR count). The lowest BCUT2D eigenvalue weighted by molar-refractivity contribution is 0.559. The average molecular weight is 395 g/mol. The van der Waals surface area contributed by atoms with Crippen LogP contribution < -0.4 is 16.8 Å². The number of nitrogens with two attached hydrogens (primary N) is 2. The number of aliphatic hydroxyl groups excluding tert-OH is 2. The molecule has 0 aliphatic heterocycles. The van der Waals surface area contributed by atoms with Crippen molar-refractivity contribution in [3.05, 3.63) is 72.9 Å². The highest BCUT2D eigenvalue weighted by atomic mass is 32.1. The molecule has 0 unspecified atom stereocenters. The number of hydrogen-bond acceptors (Lipinski definition) is 3. The summed E-state index contributed by atoms with van der Waals surface area (Å²) in [5.41, 5.74) is 10.0. The van der Waals surface area contributed by atoms with Crippen molar-refractivity contribution in [3.8, 4) is 0 Å². The monoisotopic (exact) mass is 394 g/mol. The van der Waals surface area contributed by atoms with E-state index in [1.165, 1.54) is 10.9 Å². The van der Waals surface area contributed by atoms with Crippen LogP contribution in [0.15, 0.2) is 72.9 Å². The Kier molecular flexibility index (Phi) is 18.3. The van der Waals surface area contributed by atoms with Crippen LogP contribution in [0.3, 0.4) is 0 Å². The second-order valence-electron chi connectivity index (χ2n) is 4.40. The first-order valence-corrected chi connectivity index (χ1v) is 8.24. The third-order valence-electron chi connectivity index (χ3n) is 2.13. The largest absolute Gasteiger partial charge is 0.487 e. The van der Waals surface area contributed by atoms with Gasteiger partial charge in [0.2, 0.25) is 0 Å². The lowest BCUT2D eigenvalue weighted by Crippen LogP contribution is -2.03. The number of para-hydroxylation sites is 1. The molecule has 0 radical (unpaired) electrons. The highest BCUT2D eigenvalue weighted by molar-refractivity contribution is 7.80. The Balaban J connectivity index is 0. The maximum Gasteiger partial charge on any atom is 0.251 e. The quantitative estimate of drug-likeness (QED) is 0.324. The zero-order valence-corrected chi connectivity index (χ0v) is 16.4. The van der Waals surface area contributed by atoms with E-state index in [9.17, 15) is 0 Å². The molecule has 0 fully saturated rings. The molecule has 1 heterocycles. The summed E-state index contributed by atoms with van der Waals surface area (Å²) in [5.74, 6) is 0. The van der Waals surface area contributed by atoms with E-state index in [1.54, 1.807) is 0 Å². The van der Waals surface area contributed by atoms with Gasteiger partial charge in [0, 0.05) is 11.7 Å². The van der Waals surface area contributed by atoms with Crippen molar-refractivity contribution in [2.24, 2.45) is 11.5 Å². The summed E-state index contributed by atoms with van der Waals surface area (Å²) in [6.45, 7) is 0. The van der Waals surface area contributed by atoms with Gasteiger partial charge in [0.15, 0.2) is 0 Å². The van der Waals surface area contributed by atoms with E-state index in [0.29, 0.717) is 0 Å². The Bertz CT molecular complexity index is 630. The third-order valence-corrected chi connectivity index (χ3v) is 2.13. The Morgan fingerprint density at radius 3 is 1.50 bits per heavy atom. The number of thiocarbonyl (C=S) groups is 2. The molecule has 26 heavy (non-hydrogen) atoms. The Labute approximate surface area is 164 Å². The number of aromatic amines is 1. The van der Waals surface area contributed by atoms with Crippen LogP contribution in [0.25, 0.3) is 10.9 Å². The number of rotatable bonds is 0. The number of fused-ring (bicyclic) bond motifs is 1. The van der Waals surface area contributed by atoms with Gasteiger partial charge in [0.25, 0.3) is 10.3 Å². The van der Waals surface area contributed by atoms with Crippen molar-refractivity contribution in [2.75, 3.05) is 14.1 Å². The third kappa shape index (κ3) is 21.3. The smallest absolute Gasteiger partial charge is 0.251 e. The van der Waals surface area contributed by atoms with Crippen LogP contribution in [0, 0.1) is 0 Å². The number of H-pyrrole nitrogens is 1. The van der Waals surface area contributed by atoms with E-state index in [2.05, 4.69) is 64.4 Å². The fraction of sp³-hybridized carbons (Fsp3) is 0.111. The zero-order chi connectivity index (χ0) is 20.2. The molecular formula is C18H26N4O2S2. The molecular weight excluding hydrogens is 368 g/mol. The van der Waals surface area contributed by atoms with E-state index >= 15 is 0 Å². The Hall–Kier alpha value is -2.68. The van der Waals surface area contributed by atoms with Crippen LogP contribution in [0.4, 0.5) is 0 Å². The van der Waals surface area contributed by atoms with E-state index < -0.39 is 10.3 Å². The second kappa shape index (κ2) is 18.7. The summed E-state index contributed by atoms with van der Waals surface area (Å²) in [6, 6.07) is 22.3. The van der Waals surface area contributed by atoms with Gasteiger partial charge in [-0.2, -0.15) is 0 Å². The van der Waals surface area contributed by atoms with Crippen molar-refractivity contribution in [1.29, 1.82) is 0 Å². The second-order valence-corrected chi connectivity index (χ2v) is 5.23. The molecule has 0 saturated carbocycles. The normalized spacial score (nSPS) is 7.92. The minimum absolute atomic E-state index is 0.500. The van der Waals surface area contributed by atoms with Gasteiger partial charge in [-0.15, -0.1) is 0 Å². The first-order valence-electron chi connectivity index (χ1n) is 7.42. The lowest BCUT2D eigenvalue weighted by Gasteiger charge is -1.83. The Morgan fingerprint density at radius 1 is 0.808 bits per heavy atom. The van der Waals surface area contributed by atoms with Gasteiger partial charge in [0.05, 0.1) is 0 Å². The van der Waals surface area contributed by atoms with Crippen LogP contribution in [0.1, 0.15) is 0 Å². The molecule has 8 heteroatoms. The number of nitrogens with one attached hydrogen (secondary N) is 2. The van der Waals surface area contributed by atoms with Crippen molar-refractivity contribution in [3.63, 3.8) is 0 Å². The topological polar surface area (TPSA) is 120 Å². The molecule has 2 aromatic carbocycles. The minimum Gasteiger partial charge on any atom is -0.487 e. The number of aromatic nitrogens is 1. The predicted octanol–water partition coefficient (Wildman–Crippen LogP) is 3.27. The summed E-state index contributed by atoms with van der Waals surface area (Å²) >= 11 is 7.74. The van der Waals surface area contributed by atoms with Crippen LogP contribution >= 0.6 is 24.4 Å². The molecule has 1 aromatic heterocycles. The van der Waals surface area contributed by atoms with Crippen LogP contribution in [-0.4, -0.2) is 39.6 Å². The molecule has 0 bridgehead atoms. The van der Waals surface area contributed by atoms with Crippen LogP contribution in [0.2, 0.25) is 0 Å². The zero-order valence-electron chi connectivity index (χ0n) is 14.8. The van der Waals surface area contributed by atoms with E-state index in [-0.39, 0.29) is 0 Å². The van der Waals surface area contributed by atoms with Gasteiger partial charge >= 0.3 is 0 Å². The summed E-state index contributed by atoms with van der Waals surface area (Å²) in [6.07, 6.45) is 1.95. The maximum atomic E-state index is 7.56.